The van der Waals surface area contributed by atoms with Gasteiger partial charge in [0.2, 0.25) is 0 Å². The molecule has 0 aliphatic carbocycles. The van der Waals surface area contributed by atoms with Crippen molar-refractivity contribution in [2.24, 2.45) is 0 Å². The Morgan fingerprint density at radius 1 is 0.462 bits per heavy atom. The van der Waals surface area contributed by atoms with E-state index in [0.29, 0.717) is 28.7 Å². The first-order valence-electron chi connectivity index (χ1n) is 17.0. The zero-order chi connectivity index (χ0) is 34.6. The van der Waals surface area contributed by atoms with Gasteiger partial charge in [-0.15, -0.1) is 0 Å². The van der Waals surface area contributed by atoms with Crippen LogP contribution in [0.4, 0.5) is 5.69 Å². The molecule has 0 saturated heterocycles. The summed E-state index contributed by atoms with van der Waals surface area (Å²) in [6.45, 7) is 7.76. The van der Waals surface area contributed by atoms with Gasteiger partial charge in [-0.1, -0.05) is 97.1 Å². The van der Waals surface area contributed by atoms with Crippen LogP contribution in [0.1, 0.15) is 0 Å². The summed E-state index contributed by atoms with van der Waals surface area (Å²) < 4.78 is 4.62. The van der Waals surface area contributed by atoms with Gasteiger partial charge < -0.3 is 4.57 Å². The summed E-state index contributed by atoms with van der Waals surface area (Å²) in [5, 5.41) is 4.59. The molecule has 0 fully saturated rings. The van der Waals surface area contributed by atoms with E-state index < -0.39 is 0 Å². The van der Waals surface area contributed by atoms with Crippen LogP contribution >= 0.6 is 0 Å². The lowest BCUT2D eigenvalue weighted by atomic mass is 10.1. The van der Waals surface area contributed by atoms with Gasteiger partial charge in [0.15, 0.2) is 23.2 Å². The number of aromatic nitrogens is 6. The fourth-order valence-corrected chi connectivity index (χ4v) is 7.35. The molecule has 0 aliphatic rings. The molecule has 0 bridgehead atoms. The average Bonchev–Trinajstić information content (AvgIpc) is 3.74. The van der Waals surface area contributed by atoms with Crippen molar-refractivity contribution in [2.75, 3.05) is 0 Å². The standard InChI is InChI=1S/C45H27N7/c1-46-37-20-10-8-17-35(37)44-49-42(29-13-4-2-5-14-29)48-43(50-44)30-22-24-32(25-23-30)52-41-33(34-19-12-28-47-45(34)52)26-27-39-40(41)36-18-9-11-21-38(36)51(39)31-15-6-3-7-16-31/h2-28H. The number of hydrogen-bond acceptors (Lipinski definition) is 4. The lowest BCUT2D eigenvalue weighted by Crippen LogP contribution is -2.01. The van der Waals surface area contributed by atoms with Crippen LogP contribution in [-0.2, 0) is 0 Å². The SMILES string of the molecule is [C-]#[N+]c1ccccc1-c1nc(-c2ccccc2)nc(-c2ccc(-n3c4ncccc4c4ccc5c(c6ccccc6n5-c5ccccc5)c43)cc2)n1. The lowest BCUT2D eigenvalue weighted by molar-refractivity contribution is 1.07. The third-order valence-electron chi connectivity index (χ3n) is 9.65. The van der Waals surface area contributed by atoms with Crippen LogP contribution < -0.4 is 0 Å². The maximum absolute atomic E-state index is 7.76. The van der Waals surface area contributed by atoms with Gasteiger partial charge in [0.05, 0.1) is 23.1 Å². The average molecular weight is 666 g/mol. The highest BCUT2D eigenvalue weighted by molar-refractivity contribution is 6.25. The molecule has 4 aromatic heterocycles. The van der Waals surface area contributed by atoms with E-state index in [-0.39, 0.29) is 0 Å². The molecule has 0 aliphatic heterocycles. The minimum atomic E-state index is 0.461. The number of pyridine rings is 1. The quantitative estimate of drug-likeness (QED) is 0.172. The maximum Gasteiger partial charge on any atom is 0.198 e. The maximum atomic E-state index is 7.76. The van der Waals surface area contributed by atoms with E-state index in [1.54, 1.807) is 6.07 Å². The van der Waals surface area contributed by atoms with Crippen molar-refractivity contribution in [3.8, 4) is 45.5 Å². The van der Waals surface area contributed by atoms with Crippen molar-refractivity contribution in [1.29, 1.82) is 0 Å². The summed E-state index contributed by atoms with van der Waals surface area (Å²) in [6.07, 6.45) is 1.86. The molecule has 0 atom stereocenters. The lowest BCUT2D eigenvalue weighted by Gasteiger charge is -2.11. The van der Waals surface area contributed by atoms with E-state index in [9.17, 15) is 0 Å². The molecule has 10 rings (SSSR count). The van der Waals surface area contributed by atoms with Gasteiger partial charge in [-0.2, -0.15) is 0 Å². The monoisotopic (exact) mass is 665 g/mol. The second-order valence-corrected chi connectivity index (χ2v) is 12.6. The number of hydrogen-bond donors (Lipinski definition) is 0. The number of fused-ring (bicyclic) bond motifs is 7. The zero-order valence-electron chi connectivity index (χ0n) is 27.7. The molecule has 242 valence electrons. The highest BCUT2D eigenvalue weighted by Gasteiger charge is 2.21. The van der Waals surface area contributed by atoms with Gasteiger partial charge >= 0.3 is 0 Å². The van der Waals surface area contributed by atoms with Crippen LogP contribution in [0.2, 0.25) is 0 Å². The topological polar surface area (TPSA) is 65.8 Å². The number of rotatable bonds is 5. The summed E-state index contributed by atoms with van der Waals surface area (Å²) in [7, 11) is 0. The molecular formula is C45H27N7. The van der Waals surface area contributed by atoms with E-state index in [4.69, 9.17) is 26.5 Å². The van der Waals surface area contributed by atoms with Crippen LogP contribution in [0.5, 0.6) is 0 Å². The minimum absolute atomic E-state index is 0.461. The number of benzene rings is 6. The van der Waals surface area contributed by atoms with Gasteiger partial charge in [-0.05, 0) is 60.7 Å². The summed E-state index contributed by atoms with van der Waals surface area (Å²) in [6, 6.07) is 53.4. The van der Waals surface area contributed by atoms with E-state index >= 15 is 0 Å². The Kier molecular flexibility index (Phi) is 6.73. The third-order valence-corrected chi connectivity index (χ3v) is 9.65. The van der Waals surface area contributed by atoms with E-state index in [1.807, 2.05) is 60.8 Å². The van der Waals surface area contributed by atoms with Crippen LogP contribution in [0.25, 0.3) is 94.1 Å². The van der Waals surface area contributed by atoms with Gasteiger partial charge in [0.1, 0.15) is 5.65 Å². The van der Waals surface area contributed by atoms with Crippen molar-refractivity contribution in [3.63, 3.8) is 0 Å². The molecule has 52 heavy (non-hydrogen) atoms. The molecule has 0 radical (unpaired) electrons. The molecule has 4 heterocycles. The van der Waals surface area contributed by atoms with Crippen molar-refractivity contribution in [3.05, 3.63) is 175 Å². The van der Waals surface area contributed by atoms with Gasteiger partial charge in [0, 0.05) is 55.8 Å². The largest absolute Gasteiger partial charge is 0.309 e. The fourth-order valence-electron chi connectivity index (χ4n) is 7.35. The Labute approximate surface area is 298 Å². The van der Waals surface area contributed by atoms with E-state index in [1.165, 1.54) is 10.8 Å². The van der Waals surface area contributed by atoms with Crippen molar-refractivity contribution in [2.45, 2.75) is 0 Å². The Morgan fingerprint density at radius 3 is 1.88 bits per heavy atom. The predicted octanol–water partition coefficient (Wildman–Crippen LogP) is 11.0. The van der Waals surface area contributed by atoms with Crippen LogP contribution in [0, 0.1) is 6.57 Å². The minimum Gasteiger partial charge on any atom is -0.309 e. The predicted molar refractivity (Wildman–Crippen MR) is 209 cm³/mol. The summed E-state index contributed by atoms with van der Waals surface area (Å²) in [5.41, 5.74) is 9.24. The third kappa shape index (κ3) is 4.59. The Hall–Kier alpha value is -7.43. The molecule has 0 unspecified atom stereocenters. The number of nitrogens with zero attached hydrogens (tertiary/aromatic N) is 7. The highest BCUT2D eigenvalue weighted by Crippen LogP contribution is 2.41. The van der Waals surface area contributed by atoms with Gasteiger partial charge in [-0.25, -0.2) is 24.8 Å². The molecule has 0 spiro atoms. The second-order valence-electron chi connectivity index (χ2n) is 12.6. The fraction of sp³-hybridized carbons (Fsp3) is 0. The first-order valence-corrected chi connectivity index (χ1v) is 17.0. The smallest absolute Gasteiger partial charge is 0.198 e. The van der Waals surface area contributed by atoms with Gasteiger partial charge in [0.25, 0.3) is 0 Å². The van der Waals surface area contributed by atoms with Crippen molar-refractivity contribution < 1.29 is 0 Å². The second kappa shape index (κ2) is 11.9. The molecule has 0 amide bonds. The first-order chi connectivity index (χ1) is 25.8. The molecule has 6 aromatic carbocycles. The summed E-state index contributed by atoms with van der Waals surface area (Å²) in [5.74, 6) is 1.54. The van der Waals surface area contributed by atoms with Crippen LogP contribution in [-0.4, -0.2) is 29.1 Å². The molecule has 7 heteroatoms. The molecule has 10 aromatic rings. The highest BCUT2D eigenvalue weighted by atomic mass is 15.1. The van der Waals surface area contributed by atoms with Crippen molar-refractivity contribution >= 4 is 49.4 Å². The van der Waals surface area contributed by atoms with Crippen molar-refractivity contribution in [1.82, 2.24) is 29.1 Å². The zero-order valence-corrected chi connectivity index (χ0v) is 27.7. The van der Waals surface area contributed by atoms with E-state index in [0.717, 1.165) is 55.5 Å². The summed E-state index contributed by atoms with van der Waals surface area (Å²) in [4.78, 5) is 23.4. The molecular weight excluding hydrogens is 639 g/mol. The molecule has 7 nitrogen and oxygen atoms in total. The Balaban J connectivity index is 1.19. The first kappa shape index (κ1) is 29.5. The normalized spacial score (nSPS) is 11.4. The Bertz CT molecular complexity index is 3010. The molecule has 0 N–H and O–H groups in total. The molecule has 0 saturated carbocycles. The van der Waals surface area contributed by atoms with E-state index in [2.05, 4.69) is 111 Å². The van der Waals surface area contributed by atoms with Gasteiger partial charge in [-0.3, -0.25) is 4.57 Å². The van der Waals surface area contributed by atoms with Crippen LogP contribution in [0.15, 0.2) is 164 Å². The summed E-state index contributed by atoms with van der Waals surface area (Å²) >= 11 is 0. The number of para-hydroxylation sites is 3. The van der Waals surface area contributed by atoms with Crippen LogP contribution in [0.3, 0.4) is 0 Å². The Morgan fingerprint density at radius 2 is 1.10 bits per heavy atom.